The van der Waals surface area contributed by atoms with E-state index in [4.69, 9.17) is 0 Å². The third-order valence-corrected chi connectivity index (χ3v) is 4.93. The highest BCUT2D eigenvalue weighted by Gasteiger charge is 2.20. The van der Waals surface area contributed by atoms with Crippen LogP contribution in [0.5, 0.6) is 0 Å². The Bertz CT molecular complexity index is 693. The Hall–Kier alpha value is -0.910. The molecule has 0 saturated heterocycles. The third kappa shape index (κ3) is 6.88. The fourth-order valence-corrected chi connectivity index (χ4v) is 3.50. The Morgan fingerprint density at radius 2 is 1.81 bits per heavy atom. The molecule has 0 radical (unpaired) electrons. The highest BCUT2D eigenvalue weighted by Crippen LogP contribution is 2.23. The van der Waals surface area contributed by atoms with Crippen LogP contribution in [0.3, 0.4) is 0 Å². The predicted molar refractivity (Wildman–Crippen MR) is 119 cm³/mol. The first kappa shape index (κ1) is 26.1. The highest BCUT2D eigenvalue weighted by molar-refractivity contribution is 5.86. The lowest BCUT2D eigenvalue weighted by Crippen LogP contribution is -2.32. The lowest BCUT2D eigenvalue weighted by molar-refractivity contribution is 0.239. The molecule has 0 amide bonds. The van der Waals surface area contributed by atoms with E-state index in [1.54, 1.807) is 0 Å². The van der Waals surface area contributed by atoms with Gasteiger partial charge in [-0.05, 0) is 55.3 Å². The molecule has 1 aliphatic rings. The average Bonchev–Trinajstić information content (AvgIpc) is 2.59. The normalized spacial score (nSPS) is 13.2. The molecule has 2 aromatic rings. The second-order valence-electron chi connectivity index (χ2n) is 6.63. The van der Waals surface area contributed by atoms with E-state index in [1.165, 1.54) is 16.7 Å². The van der Waals surface area contributed by atoms with Gasteiger partial charge in [0, 0.05) is 44.3 Å². The van der Waals surface area contributed by atoms with Crippen molar-refractivity contribution in [1.82, 2.24) is 19.8 Å². The summed E-state index contributed by atoms with van der Waals surface area (Å²) in [6.45, 7) is 12.7. The van der Waals surface area contributed by atoms with Crippen LogP contribution in [-0.4, -0.2) is 39.4 Å². The first-order chi connectivity index (χ1) is 11.7. The lowest BCUT2D eigenvalue weighted by atomic mass is 9.96. The van der Waals surface area contributed by atoms with E-state index in [2.05, 4.69) is 71.1 Å². The second-order valence-corrected chi connectivity index (χ2v) is 6.63. The summed E-state index contributed by atoms with van der Waals surface area (Å²) in [6.07, 6.45) is 5.23. The molecule has 0 atom stereocenters. The standard InChI is InChI=1S/C20H28N4.3ClH/c1-4-23(5-2)13-17-11-21-12-18-14-24(10-9-20(17)18)15-19-8-6-7-16(3)22-19;;;/h6-8,11-12H,4-5,9-10,13-15H2,1-3H3;3*1H. The smallest absolute Gasteiger partial charge is 0.0547 e. The Morgan fingerprint density at radius 1 is 1.07 bits per heavy atom. The molecule has 152 valence electrons. The number of rotatable bonds is 6. The van der Waals surface area contributed by atoms with E-state index in [9.17, 15) is 0 Å². The van der Waals surface area contributed by atoms with Gasteiger partial charge in [-0.1, -0.05) is 19.9 Å². The van der Waals surface area contributed by atoms with Crippen LogP contribution < -0.4 is 0 Å². The maximum Gasteiger partial charge on any atom is 0.0547 e. The van der Waals surface area contributed by atoms with Gasteiger partial charge in [0.2, 0.25) is 0 Å². The molecule has 3 rings (SSSR count). The zero-order chi connectivity index (χ0) is 16.9. The summed E-state index contributed by atoms with van der Waals surface area (Å²) >= 11 is 0. The molecule has 27 heavy (non-hydrogen) atoms. The van der Waals surface area contributed by atoms with Crippen LogP contribution in [0.1, 0.15) is 41.9 Å². The van der Waals surface area contributed by atoms with Crippen molar-refractivity contribution in [3.8, 4) is 0 Å². The van der Waals surface area contributed by atoms with E-state index in [0.717, 1.165) is 57.1 Å². The molecule has 0 aromatic carbocycles. The largest absolute Gasteiger partial charge is 0.300 e. The molecule has 0 saturated carbocycles. The van der Waals surface area contributed by atoms with Crippen LogP contribution in [0.25, 0.3) is 0 Å². The maximum absolute atomic E-state index is 4.64. The average molecular weight is 434 g/mol. The van der Waals surface area contributed by atoms with Gasteiger partial charge in [0.25, 0.3) is 0 Å². The number of halogens is 3. The van der Waals surface area contributed by atoms with Crippen LogP contribution in [-0.2, 0) is 26.1 Å². The minimum absolute atomic E-state index is 0. The van der Waals surface area contributed by atoms with Crippen molar-refractivity contribution >= 4 is 37.2 Å². The monoisotopic (exact) mass is 432 g/mol. The zero-order valence-corrected chi connectivity index (χ0v) is 18.8. The molecule has 3 heterocycles. The Kier molecular flexibility index (Phi) is 12.1. The van der Waals surface area contributed by atoms with Crippen LogP contribution in [0, 0.1) is 6.92 Å². The number of fused-ring (bicyclic) bond motifs is 1. The molecule has 2 aromatic heterocycles. The first-order valence-corrected chi connectivity index (χ1v) is 9.01. The summed E-state index contributed by atoms with van der Waals surface area (Å²) in [5.74, 6) is 0. The number of aryl methyl sites for hydroxylation is 1. The number of pyridine rings is 2. The summed E-state index contributed by atoms with van der Waals surface area (Å²) in [5.41, 5.74) is 6.56. The van der Waals surface area contributed by atoms with Crippen LogP contribution in [0.2, 0.25) is 0 Å². The molecular formula is C20H31Cl3N4. The molecule has 4 nitrogen and oxygen atoms in total. The van der Waals surface area contributed by atoms with Crippen LogP contribution >= 0.6 is 37.2 Å². The minimum Gasteiger partial charge on any atom is -0.300 e. The summed E-state index contributed by atoms with van der Waals surface area (Å²) < 4.78 is 0. The predicted octanol–water partition coefficient (Wildman–Crippen LogP) is 4.45. The molecule has 0 spiro atoms. The molecule has 1 aliphatic heterocycles. The van der Waals surface area contributed by atoms with Gasteiger partial charge in [-0.15, -0.1) is 37.2 Å². The van der Waals surface area contributed by atoms with Crippen molar-refractivity contribution < 1.29 is 0 Å². The summed E-state index contributed by atoms with van der Waals surface area (Å²) in [4.78, 5) is 14.1. The third-order valence-electron chi connectivity index (χ3n) is 4.93. The SMILES string of the molecule is CCN(CC)Cc1cncc2c1CCN(Cc1cccc(C)n1)C2.Cl.Cl.Cl. The molecule has 0 bridgehead atoms. The molecule has 7 heteroatoms. The van der Waals surface area contributed by atoms with Crippen molar-refractivity contribution in [3.63, 3.8) is 0 Å². The van der Waals surface area contributed by atoms with Crippen LogP contribution in [0.15, 0.2) is 30.6 Å². The fraction of sp³-hybridized carbons (Fsp3) is 0.500. The van der Waals surface area contributed by atoms with Gasteiger partial charge in [0.15, 0.2) is 0 Å². The van der Waals surface area contributed by atoms with E-state index in [1.807, 2.05) is 0 Å². The highest BCUT2D eigenvalue weighted by atomic mass is 35.5. The van der Waals surface area contributed by atoms with Crippen molar-refractivity contribution in [3.05, 3.63) is 58.7 Å². The Morgan fingerprint density at radius 3 is 2.48 bits per heavy atom. The van der Waals surface area contributed by atoms with Gasteiger partial charge >= 0.3 is 0 Å². The zero-order valence-electron chi connectivity index (χ0n) is 16.4. The maximum atomic E-state index is 4.64. The van der Waals surface area contributed by atoms with E-state index >= 15 is 0 Å². The van der Waals surface area contributed by atoms with E-state index < -0.39 is 0 Å². The Labute approximate surface area is 182 Å². The molecule has 0 fully saturated rings. The van der Waals surface area contributed by atoms with Gasteiger partial charge in [0.1, 0.15) is 0 Å². The van der Waals surface area contributed by atoms with Gasteiger partial charge < -0.3 is 0 Å². The topological polar surface area (TPSA) is 32.3 Å². The summed E-state index contributed by atoms with van der Waals surface area (Å²) in [5, 5.41) is 0. The Balaban J connectivity index is 0.00000225. The van der Waals surface area contributed by atoms with Crippen molar-refractivity contribution in [2.75, 3.05) is 19.6 Å². The number of aromatic nitrogens is 2. The van der Waals surface area contributed by atoms with E-state index in [-0.39, 0.29) is 37.2 Å². The number of nitrogens with zero attached hydrogens (tertiary/aromatic N) is 4. The molecule has 0 N–H and O–H groups in total. The van der Waals surface area contributed by atoms with Gasteiger partial charge in [-0.25, -0.2) is 0 Å². The van der Waals surface area contributed by atoms with Crippen molar-refractivity contribution in [1.29, 1.82) is 0 Å². The lowest BCUT2D eigenvalue weighted by Gasteiger charge is -2.30. The second kappa shape index (κ2) is 12.5. The first-order valence-electron chi connectivity index (χ1n) is 9.01. The van der Waals surface area contributed by atoms with Gasteiger partial charge in [-0.3, -0.25) is 19.8 Å². The van der Waals surface area contributed by atoms with Gasteiger partial charge in [-0.2, -0.15) is 0 Å². The number of hydrogen-bond acceptors (Lipinski definition) is 4. The van der Waals surface area contributed by atoms with E-state index in [0.29, 0.717) is 0 Å². The van der Waals surface area contributed by atoms with Crippen molar-refractivity contribution in [2.45, 2.75) is 46.8 Å². The van der Waals surface area contributed by atoms with Crippen LogP contribution in [0.4, 0.5) is 0 Å². The molecular weight excluding hydrogens is 403 g/mol. The number of hydrogen-bond donors (Lipinski definition) is 0. The quantitative estimate of drug-likeness (QED) is 0.673. The summed E-state index contributed by atoms with van der Waals surface area (Å²) in [6, 6.07) is 6.27. The summed E-state index contributed by atoms with van der Waals surface area (Å²) in [7, 11) is 0. The molecule has 0 unspecified atom stereocenters. The fourth-order valence-electron chi connectivity index (χ4n) is 3.50. The van der Waals surface area contributed by atoms with Gasteiger partial charge in [0.05, 0.1) is 5.69 Å². The van der Waals surface area contributed by atoms with Crippen molar-refractivity contribution in [2.24, 2.45) is 0 Å². The molecule has 0 aliphatic carbocycles. The minimum atomic E-state index is 0.